The van der Waals surface area contributed by atoms with Crippen molar-refractivity contribution < 1.29 is 9.47 Å². The van der Waals surface area contributed by atoms with Crippen LogP contribution >= 0.6 is 0 Å². The number of aromatic amines is 1. The van der Waals surface area contributed by atoms with Gasteiger partial charge in [0.25, 0.3) is 5.56 Å². The number of hydrogen-bond acceptors (Lipinski definition) is 5. The number of ether oxygens (including phenoxy) is 2. The fraction of sp³-hybridized carbons (Fsp3) is 0.375. The first kappa shape index (κ1) is 9.66. The summed E-state index contributed by atoms with van der Waals surface area (Å²) in [6.07, 6.45) is 0. The molecule has 0 aliphatic rings. The first-order chi connectivity index (χ1) is 7.24. The third kappa shape index (κ3) is 1.68. The van der Waals surface area contributed by atoms with Gasteiger partial charge in [0.1, 0.15) is 0 Å². The predicted molar refractivity (Wildman–Crippen MR) is 50.9 cm³/mol. The fourth-order valence-corrected chi connectivity index (χ4v) is 1.27. The highest BCUT2D eigenvalue weighted by molar-refractivity contribution is 5.29. The molecular weight excluding hydrogens is 200 g/mol. The van der Waals surface area contributed by atoms with E-state index >= 15 is 0 Å². The minimum Gasteiger partial charge on any atom is -0.466 e. The van der Waals surface area contributed by atoms with Gasteiger partial charge in [0.2, 0.25) is 5.78 Å². The summed E-state index contributed by atoms with van der Waals surface area (Å²) in [5.74, 6) is 0.339. The number of methoxy groups -OCH3 is 2. The van der Waals surface area contributed by atoms with Crippen molar-refractivity contribution in [2.24, 2.45) is 0 Å². The maximum atomic E-state index is 11.2. The molecule has 0 bridgehead atoms. The molecule has 0 aromatic carbocycles. The van der Waals surface area contributed by atoms with E-state index in [-0.39, 0.29) is 18.2 Å². The van der Waals surface area contributed by atoms with Gasteiger partial charge in [-0.05, 0) is 0 Å². The number of H-pyrrole nitrogens is 1. The molecule has 15 heavy (non-hydrogen) atoms. The summed E-state index contributed by atoms with van der Waals surface area (Å²) in [5.41, 5.74) is 0.372. The third-order valence-corrected chi connectivity index (χ3v) is 1.87. The van der Waals surface area contributed by atoms with Gasteiger partial charge in [-0.25, -0.2) is 0 Å². The van der Waals surface area contributed by atoms with Gasteiger partial charge in [0.05, 0.1) is 19.4 Å². The highest BCUT2D eigenvalue weighted by atomic mass is 16.5. The molecule has 2 heterocycles. The molecule has 2 aromatic heterocycles. The number of aromatic nitrogens is 4. The van der Waals surface area contributed by atoms with E-state index in [9.17, 15) is 4.79 Å². The monoisotopic (exact) mass is 210 g/mol. The van der Waals surface area contributed by atoms with Gasteiger partial charge < -0.3 is 9.47 Å². The van der Waals surface area contributed by atoms with Crippen molar-refractivity contribution in [3.8, 4) is 6.01 Å². The predicted octanol–water partition coefficient (Wildman–Crippen LogP) is -0.427. The summed E-state index contributed by atoms with van der Waals surface area (Å²) in [6.45, 7) is 0.285. The third-order valence-electron chi connectivity index (χ3n) is 1.87. The van der Waals surface area contributed by atoms with E-state index in [4.69, 9.17) is 9.47 Å². The second-order valence-electron chi connectivity index (χ2n) is 2.89. The largest absolute Gasteiger partial charge is 0.466 e. The summed E-state index contributed by atoms with van der Waals surface area (Å²) in [7, 11) is 3.00. The molecule has 0 fully saturated rings. The molecule has 2 aromatic rings. The molecule has 0 radical (unpaired) electrons. The standard InChI is InChI=1S/C8H10N4O3/c1-14-4-5-3-6(13)9-7-10-8(15-2)11-12(5)7/h3H,4H2,1-2H3,(H,9,10,11,13). The molecular formula is C8H10N4O3. The Morgan fingerprint density at radius 3 is 3.00 bits per heavy atom. The Hall–Kier alpha value is -1.89. The lowest BCUT2D eigenvalue weighted by molar-refractivity contribution is 0.179. The van der Waals surface area contributed by atoms with Crippen LogP contribution in [-0.4, -0.2) is 33.8 Å². The zero-order chi connectivity index (χ0) is 10.8. The SMILES string of the molecule is COCc1cc(=O)[nH]c2nc(OC)nn12. The quantitative estimate of drug-likeness (QED) is 0.743. The molecule has 7 heteroatoms. The lowest BCUT2D eigenvalue weighted by atomic mass is 10.4. The Labute approximate surface area is 84.7 Å². The minimum atomic E-state index is -0.246. The topological polar surface area (TPSA) is 81.5 Å². The van der Waals surface area contributed by atoms with E-state index in [0.29, 0.717) is 11.5 Å². The van der Waals surface area contributed by atoms with Gasteiger partial charge in [0, 0.05) is 13.2 Å². The van der Waals surface area contributed by atoms with E-state index in [1.165, 1.54) is 17.7 Å². The molecule has 1 N–H and O–H groups in total. The molecule has 0 saturated carbocycles. The van der Waals surface area contributed by atoms with Gasteiger partial charge in [0.15, 0.2) is 0 Å². The van der Waals surface area contributed by atoms with Crippen LogP contribution in [0.15, 0.2) is 10.9 Å². The summed E-state index contributed by atoms with van der Waals surface area (Å²) < 4.78 is 11.3. The Bertz CT molecular complexity index is 530. The molecule has 0 unspecified atom stereocenters. The maximum absolute atomic E-state index is 11.2. The Morgan fingerprint density at radius 2 is 2.33 bits per heavy atom. The molecule has 0 amide bonds. The van der Waals surface area contributed by atoms with Crippen LogP contribution < -0.4 is 10.3 Å². The second-order valence-corrected chi connectivity index (χ2v) is 2.89. The smallest absolute Gasteiger partial charge is 0.337 e. The second kappa shape index (κ2) is 3.70. The van der Waals surface area contributed by atoms with E-state index < -0.39 is 0 Å². The van der Waals surface area contributed by atoms with Crippen LogP contribution in [0.5, 0.6) is 6.01 Å². The Morgan fingerprint density at radius 1 is 1.53 bits per heavy atom. The highest BCUT2D eigenvalue weighted by Crippen LogP contribution is 2.06. The Balaban J connectivity index is 2.66. The lowest BCUT2D eigenvalue weighted by Gasteiger charge is -2.00. The first-order valence-electron chi connectivity index (χ1n) is 4.26. The van der Waals surface area contributed by atoms with Crippen LogP contribution in [0.25, 0.3) is 5.78 Å². The van der Waals surface area contributed by atoms with Crippen LogP contribution in [-0.2, 0) is 11.3 Å². The number of fused-ring (bicyclic) bond motifs is 1. The lowest BCUT2D eigenvalue weighted by Crippen LogP contribution is -2.12. The minimum absolute atomic E-state index is 0.203. The van der Waals surface area contributed by atoms with E-state index in [2.05, 4.69) is 15.1 Å². The fourth-order valence-electron chi connectivity index (χ4n) is 1.27. The van der Waals surface area contributed by atoms with Crippen molar-refractivity contribution in [1.82, 2.24) is 19.6 Å². The molecule has 2 rings (SSSR count). The molecule has 0 spiro atoms. The molecule has 0 aliphatic carbocycles. The van der Waals surface area contributed by atoms with E-state index in [0.717, 1.165) is 0 Å². The summed E-state index contributed by atoms with van der Waals surface area (Å²) >= 11 is 0. The number of nitrogens with zero attached hydrogens (tertiary/aromatic N) is 3. The van der Waals surface area contributed by atoms with Crippen molar-refractivity contribution >= 4 is 5.78 Å². The summed E-state index contributed by atoms with van der Waals surface area (Å²) in [5, 5.41) is 4.02. The van der Waals surface area contributed by atoms with Gasteiger partial charge >= 0.3 is 6.01 Å². The van der Waals surface area contributed by atoms with Crippen molar-refractivity contribution in [3.05, 3.63) is 22.1 Å². The molecule has 0 aliphatic heterocycles. The average Bonchev–Trinajstić information content (AvgIpc) is 2.61. The van der Waals surface area contributed by atoms with Crippen molar-refractivity contribution in [3.63, 3.8) is 0 Å². The Kier molecular flexibility index (Phi) is 2.38. The molecule has 0 atom stereocenters. The molecule has 0 saturated heterocycles. The molecule has 7 nitrogen and oxygen atoms in total. The number of hydrogen-bond donors (Lipinski definition) is 1. The van der Waals surface area contributed by atoms with Crippen LogP contribution in [0, 0.1) is 0 Å². The van der Waals surface area contributed by atoms with Crippen LogP contribution in [0.1, 0.15) is 5.69 Å². The van der Waals surface area contributed by atoms with Crippen molar-refractivity contribution in [2.75, 3.05) is 14.2 Å². The van der Waals surface area contributed by atoms with Crippen molar-refractivity contribution in [1.29, 1.82) is 0 Å². The highest BCUT2D eigenvalue weighted by Gasteiger charge is 2.08. The average molecular weight is 210 g/mol. The van der Waals surface area contributed by atoms with Gasteiger partial charge in [-0.2, -0.15) is 9.50 Å². The normalized spacial score (nSPS) is 10.8. The van der Waals surface area contributed by atoms with Crippen LogP contribution in [0.2, 0.25) is 0 Å². The van der Waals surface area contributed by atoms with Crippen LogP contribution in [0.4, 0.5) is 0 Å². The van der Waals surface area contributed by atoms with Gasteiger partial charge in [-0.3, -0.25) is 9.78 Å². The summed E-state index contributed by atoms with van der Waals surface area (Å²) in [4.78, 5) is 17.7. The summed E-state index contributed by atoms with van der Waals surface area (Å²) in [6, 6.07) is 1.61. The van der Waals surface area contributed by atoms with E-state index in [1.54, 1.807) is 7.11 Å². The number of nitrogens with one attached hydrogen (secondary N) is 1. The zero-order valence-corrected chi connectivity index (χ0v) is 8.35. The van der Waals surface area contributed by atoms with E-state index in [1.807, 2.05) is 0 Å². The van der Waals surface area contributed by atoms with Gasteiger partial charge in [-0.15, -0.1) is 5.10 Å². The zero-order valence-electron chi connectivity index (χ0n) is 8.35. The molecule has 80 valence electrons. The number of rotatable bonds is 3. The van der Waals surface area contributed by atoms with Crippen molar-refractivity contribution in [2.45, 2.75) is 6.61 Å². The van der Waals surface area contributed by atoms with Crippen LogP contribution in [0.3, 0.4) is 0 Å². The van der Waals surface area contributed by atoms with Gasteiger partial charge in [-0.1, -0.05) is 0 Å². The maximum Gasteiger partial charge on any atom is 0.337 e. The first-order valence-corrected chi connectivity index (χ1v) is 4.26.